The number of hydrogen-bond donors (Lipinski definition) is 0. The van der Waals surface area contributed by atoms with Gasteiger partial charge in [0, 0.05) is 30.1 Å². The highest BCUT2D eigenvalue weighted by molar-refractivity contribution is 6.10. The number of amides is 2. The van der Waals surface area contributed by atoms with Crippen molar-refractivity contribution in [3.8, 4) is 0 Å². The van der Waals surface area contributed by atoms with Crippen molar-refractivity contribution in [2.45, 2.75) is 6.54 Å². The molecule has 2 aromatic rings. The predicted octanol–water partition coefficient (Wildman–Crippen LogP) is 2.17. The number of carbonyl (C=O) groups excluding carboxylic acids is 2. The summed E-state index contributed by atoms with van der Waals surface area (Å²) in [6.07, 6.45) is 1.69. The highest BCUT2D eigenvalue weighted by Crippen LogP contribution is 2.30. The van der Waals surface area contributed by atoms with Crippen LogP contribution in [0.3, 0.4) is 0 Å². The zero-order valence-corrected chi connectivity index (χ0v) is 12.9. The Kier molecular flexibility index (Phi) is 3.93. The molecule has 1 aromatic heterocycles. The van der Waals surface area contributed by atoms with Crippen LogP contribution >= 0.6 is 0 Å². The molecule has 0 atom stereocenters. The maximum Gasteiger partial charge on any atom is 0.259 e. The van der Waals surface area contributed by atoms with Crippen molar-refractivity contribution in [2.24, 2.45) is 0 Å². The van der Waals surface area contributed by atoms with Gasteiger partial charge in [-0.15, -0.1) is 0 Å². The van der Waals surface area contributed by atoms with E-state index in [-0.39, 0.29) is 18.4 Å². The van der Waals surface area contributed by atoms with E-state index in [1.54, 1.807) is 24.2 Å². The third kappa shape index (κ3) is 2.85. The van der Waals surface area contributed by atoms with E-state index in [0.29, 0.717) is 17.8 Å². The number of benzene rings is 1. The maximum absolute atomic E-state index is 12.4. The molecule has 0 saturated carbocycles. The van der Waals surface area contributed by atoms with Crippen molar-refractivity contribution in [3.63, 3.8) is 0 Å². The highest BCUT2D eigenvalue weighted by Gasteiger charge is 2.32. The van der Waals surface area contributed by atoms with Crippen LogP contribution in [0.4, 0.5) is 0 Å². The average molecular weight is 307 g/mol. The molecule has 1 aromatic carbocycles. The van der Waals surface area contributed by atoms with Gasteiger partial charge in [0.15, 0.2) is 0 Å². The summed E-state index contributed by atoms with van der Waals surface area (Å²) >= 11 is 0. The Balaban J connectivity index is 1.69. The normalized spacial score (nSPS) is 13.2. The van der Waals surface area contributed by atoms with Crippen molar-refractivity contribution in [3.05, 3.63) is 72.1 Å². The molecule has 1 aliphatic rings. The van der Waals surface area contributed by atoms with E-state index in [0.717, 1.165) is 11.3 Å². The van der Waals surface area contributed by atoms with Gasteiger partial charge >= 0.3 is 0 Å². The summed E-state index contributed by atoms with van der Waals surface area (Å²) in [5, 5.41) is 0. The van der Waals surface area contributed by atoms with Crippen molar-refractivity contribution in [1.29, 1.82) is 0 Å². The lowest BCUT2D eigenvalue weighted by atomic mass is 10.1. The minimum absolute atomic E-state index is 0.0182. The predicted molar refractivity (Wildman–Crippen MR) is 87.2 cm³/mol. The summed E-state index contributed by atoms with van der Waals surface area (Å²) in [4.78, 5) is 32.0. The summed E-state index contributed by atoms with van der Waals surface area (Å²) < 4.78 is 0. The molecule has 116 valence electrons. The first-order valence-electron chi connectivity index (χ1n) is 7.32. The van der Waals surface area contributed by atoms with Crippen LogP contribution in [0.2, 0.25) is 0 Å². The van der Waals surface area contributed by atoms with E-state index in [4.69, 9.17) is 0 Å². The third-order valence-electron chi connectivity index (χ3n) is 3.88. The summed E-state index contributed by atoms with van der Waals surface area (Å²) in [5.74, 6) is -0.330. The first-order chi connectivity index (χ1) is 11.1. The molecule has 0 bridgehead atoms. The first-order valence-corrected chi connectivity index (χ1v) is 7.32. The van der Waals surface area contributed by atoms with Crippen LogP contribution < -0.4 is 0 Å². The van der Waals surface area contributed by atoms with Crippen LogP contribution in [0.15, 0.2) is 55.2 Å². The number of pyridine rings is 1. The Bertz CT molecular complexity index is 736. The van der Waals surface area contributed by atoms with Gasteiger partial charge in [-0.3, -0.25) is 19.5 Å². The molecular formula is C18H17N3O2. The highest BCUT2D eigenvalue weighted by atomic mass is 16.2. The molecule has 0 aliphatic carbocycles. The number of hydrogen-bond acceptors (Lipinski definition) is 3. The van der Waals surface area contributed by atoms with Crippen molar-refractivity contribution >= 4 is 17.5 Å². The summed E-state index contributed by atoms with van der Waals surface area (Å²) in [6.45, 7) is 4.33. The summed E-state index contributed by atoms with van der Waals surface area (Å²) in [7, 11) is 1.70. The minimum Gasteiger partial charge on any atom is -0.338 e. The lowest BCUT2D eigenvalue weighted by Gasteiger charge is -2.22. The molecule has 0 N–H and O–H groups in total. The van der Waals surface area contributed by atoms with Crippen LogP contribution in [-0.2, 0) is 11.3 Å². The molecule has 0 fully saturated rings. The van der Waals surface area contributed by atoms with E-state index in [2.05, 4.69) is 11.6 Å². The quantitative estimate of drug-likeness (QED) is 0.870. The average Bonchev–Trinajstić information content (AvgIpc) is 2.81. The van der Waals surface area contributed by atoms with Gasteiger partial charge in [-0.05, 0) is 18.2 Å². The SMILES string of the molecule is C=C1c2ccccc2C(=O)N1CC(=O)N(C)Cc1ccccn1. The molecule has 3 rings (SSSR count). The number of rotatable bonds is 4. The Morgan fingerprint density at radius 1 is 1.17 bits per heavy atom. The number of fused-ring (bicyclic) bond motifs is 1. The molecule has 0 unspecified atom stereocenters. The molecule has 0 spiro atoms. The third-order valence-corrected chi connectivity index (χ3v) is 3.88. The molecule has 2 heterocycles. The Morgan fingerprint density at radius 2 is 1.87 bits per heavy atom. The van der Waals surface area contributed by atoms with E-state index in [9.17, 15) is 9.59 Å². The molecule has 0 saturated heterocycles. The van der Waals surface area contributed by atoms with Crippen LogP contribution in [0.1, 0.15) is 21.6 Å². The zero-order valence-electron chi connectivity index (χ0n) is 12.9. The molecular weight excluding hydrogens is 290 g/mol. The first kappa shape index (κ1) is 15.0. The number of likely N-dealkylation sites (N-methyl/N-ethyl adjacent to an activating group) is 1. The second-order valence-corrected chi connectivity index (χ2v) is 5.45. The van der Waals surface area contributed by atoms with Crippen LogP contribution in [0.25, 0.3) is 5.70 Å². The van der Waals surface area contributed by atoms with Gasteiger partial charge in [-0.2, -0.15) is 0 Å². The van der Waals surface area contributed by atoms with E-state index >= 15 is 0 Å². The van der Waals surface area contributed by atoms with Gasteiger partial charge in [0.1, 0.15) is 6.54 Å². The number of carbonyl (C=O) groups is 2. The van der Waals surface area contributed by atoms with Gasteiger partial charge in [-0.25, -0.2) is 0 Å². The van der Waals surface area contributed by atoms with Crippen molar-refractivity contribution in [1.82, 2.24) is 14.8 Å². The number of aromatic nitrogens is 1. The molecule has 1 aliphatic heterocycles. The van der Waals surface area contributed by atoms with Crippen LogP contribution in [-0.4, -0.2) is 40.2 Å². The fourth-order valence-electron chi connectivity index (χ4n) is 2.58. The van der Waals surface area contributed by atoms with Gasteiger partial charge in [-0.1, -0.05) is 30.8 Å². The fraction of sp³-hybridized carbons (Fsp3) is 0.167. The van der Waals surface area contributed by atoms with Crippen LogP contribution in [0, 0.1) is 0 Å². The van der Waals surface area contributed by atoms with E-state index in [1.807, 2.05) is 36.4 Å². The standard InChI is InChI=1S/C18H17N3O2/c1-13-15-8-3-4-9-16(15)18(23)21(13)12-17(22)20(2)11-14-7-5-6-10-19-14/h3-10H,1,11-12H2,2H3. The largest absolute Gasteiger partial charge is 0.338 e. The lowest BCUT2D eigenvalue weighted by molar-refractivity contribution is -0.130. The molecule has 5 nitrogen and oxygen atoms in total. The van der Waals surface area contributed by atoms with Gasteiger partial charge in [0.2, 0.25) is 5.91 Å². The zero-order chi connectivity index (χ0) is 16.4. The summed E-state index contributed by atoms with van der Waals surface area (Å²) in [6, 6.07) is 12.8. The maximum atomic E-state index is 12.4. The van der Waals surface area contributed by atoms with E-state index < -0.39 is 0 Å². The second kappa shape index (κ2) is 6.04. The molecule has 5 heteroatoms. The topological polar surface area (TPSA) is 53.5 Å². The number of nitrogens with zero attached hydrogens (tertiary/aromatic N) is 3. The van der Waals surface area contributed by atoms with E-state index in [1.165, 1.54) is 4.90 Å². The second-order valence-electron chi connectivity index (χ2n) is 5.45. The Morgan fingerprint density at radius 3 is 2.52 bits per heavy atom. The Hall–Kier alpha value is -2.95. The fourth-order valence-corrected chi connectivity index (χ4v) is 2.58. The summed E-state index contributed by atoms with van der Waals surface area (Å²) in [5.41, 5.74) is 2.76. The van der Waals surface area contributed by atoms with Crippen LogP contribution in [0.5, 0.6) is 0 Å². The lowest BCUT2D eigenvalue weighted by Crippen LogP contribution is -2.37. The smallest absolute Gasteiger partial charge is 0.259 e. The monoisotopic (exact) mass is 307 g/mol. The van der Waals surface area contributed by atoms with Crippen molar-refractivity contribution < 1.29 is 9.59 Å². The minimum atomic E-state index is -0.176. The van der Waals surface area contributed by atoms with Crippen molar-refractivity contribution in [2.75, 3.05) is 13.6 Å². The van der Waals surface area contributed by atoms with Gasteiger partial charge < -0.3 is 4.90 Å². The Labute approximate surface area is 134 Å². The molecule has 0 radical (unpaired) electrons. The molecule has 2 amide bonds. The van der Waals surface area contributed by atoms with Gasteiger partial charge in [0.05, 0.1) is 12.2 Å². The van der Waals surface area contributed by atoms with Gasteiger partial charge in [0.25, 0.3) is 5.91 Å². The molecule has 23 heavy (non-hydrogen) atoms.